The number of pyridine rings is 1. The van der Waals surface area contributed by atoms with Gasteiger partial charge < -0.3 is 5.32 Å². The maximum Gasteiger partial charge on any atom is 0.0752 e. The zero-order valence-electron chi connectivity index (χ0n) is 12.8. The second-order valence-corrected chi connectivity index (χ2v) is 6.69. The molecule has 1 aliphatic carbocycles. The van der Waals surface area contributed by atoms with Crippen LogP contribution in [-0.2, 0) is 0 Å². The first kappa shape index (κ1) is 14.6. The Balaban J connectivity index is 1.92. The summed E-state index contributed by atoms with van der Waals surface area (Å²) in [5, 5.41) is 5.61. The van der Waals surface area contributed by atoms with Gasteiger partial charge in [0, 0.05) is 17.6 Å². The number of rotatable bonds is 3. The summed E-state index contributed by atoms with van der Waals surface area (Å²) in [6.45, 7) is 4.35. The van der Waals surface area contributed by atoms with E-state index < -0.39 is 0 Å². The highest BCUT2D eigenvalue weighted by Crippen LogP contribution is 2.35. The minimum absolute atomic E-state index is 0.453. The fourth-order valence-electron chi connectivity index (χ4n) is 3.51. The summed E-state index contributed by atoms with van der Waals surface area (Å²) in [5.41, 5.74) is 3.22. The summed E-state index contributed by atoms with van der Waals surface area (Å²) in [7, 11) is 0. The molecule has 1 saturated carbocycles. The Morgan fingerprint density at radius 3 is 2.81 bits per heavy atom. The monoisotopic (exact) mass is 302 g/mol. The number of aromatic nitrogens is 1. The largest absolute Gasteiger partial charge is 0.381 e. The molecule has 21 heavy (non-hydrogen) atoms. The van der Waals surface area contributed by atoms with Gasteiger partial charge in [0.2, 0.25) is 0 Å². The Morgan fingerprint density at radius 2 is 2.05 bits per heavy atom. The molecule has 1 fully saturated rings. The van der Waals surface area contributed by atoms with E-state index in [4.69, 9.17) is 11.6 Å². The van der Waals surface area contributed by atoms with Crippen molar-refractivity contribution in [2.75, 3.05) is 5.32 Å². The zero-order valence-corrected chi connectivity index (χ0v) is 13.6. The van der Waals surface area contributed by atoms with Crippen LogP contribution in [0.1, 0.15) is 44.6 Å². The number of anilines is 1. The first-order valence-corrected chi connectivity index (χ1v) is 8.35. The maximum atomic E-state index is 6.50. The fraction of sp³-hybridized carbons (Fsp3) is 0.500. The summed E-state index contributed by atoms with van der Waals surface area (Å²) >= 11 is 6.50. The van der Waals surface area contributed by atoms with E-state index in [1.54, 1.807) is 0 Å². The molecule has 0 bridgehead atoms. The van der Waals surface area contributed by atoms with Crippen molar-refractivity contribution in [1.29, 1.82) is 0 Å². The highest BCUT2D eigenvalue weighted by atomic mass is 35.5. The molecule has 1 atom stereocenters. The topological polar surface area (TPSA) is 24.9 Å². The van der Waals surface area contributed by atoms with Crippen LogP contribution in [0.4, 0.5) is 5.69 Å². The van der Waals surface area contributed by atoms with E-state index in [2.05, 4.69) is 30.2 Å². The third-order valence-corrected chi connectivity index (χ3v) is 5.06. The molecule has 0 saturated heterocycles. The fourth-order valence-corrected chi connectivity index (χ4v) is 3.83. The molecule has 3 heteroatoms. The van der Waals surface area contributed by atoms with Gasteiger partial charge in [-0.2, -0.15) is 0 Å². The van der Waals surface area contributed by atoms with Crippen molar-refractivity contribution in [1.82, 2.24) is 4.98 Å². The van der Waals surface area contributed by atoms with Crippen LogP contribution >= 0.6 is 11.6 Å². The van der Waals surface area contributed by atoms with Gasteiger partial charge in [0.25, 0.3) is 0 Å². The lowest BCUT2D eigenvalue weighted by Gasteiger charge is -2.29. The zero-order chi connectivity index (χ0) is 14.8. The Labute approximate surface area is 131 Å². The van der Waals surface area contributed by atoms with Crippen molar-refractivity contribution in [2.45, 2.75) is 52.0 Å². The average Bonchev–Trinajstić information content (AvgIpc) is 2.52. The number of hydrogen-bond donors (Lipinski definition) is 1. The highest BCUT2D eigenvalue weighted by molar-refractivity contribution is 6.35. The minimum atomic E-state index is 0.453. The van der Waals surface area contributed by atoms with Crippen LogP contribution in [-0.4, -0.2) is 11.0 Å². The summed E-state index contributed by atoms with van der Waals surface area (Å²) in [5.74, 6) is 0.753. The smallest absolute Gasteiger partial charge is 0.0752 e. The predicted octanol–water partition coefficient (Wildman–Crippen LogP) is 5.58. The maximum absolute atomic E-state index is 6.50. The summed E-state index contributed by atoms with van der Waals surface area (Å²) in [6, 6.07) is 6.56. The Bertz CT molecular complexity index is 632. The molecule has 2 aromatic rings. The van der Waals surface area contributed by atoms with E-state index in [1.807, 2.05) is 18.3 Å². The number of hydrogen-bond acceptors (Lipinski definition) is 2. The molecule has 1 heterocycles. The number of nitrogens with zero attached hydrogens (tertiary/aromatic N) is 1. The molecule has 1 aliphatic rings. The van der Waals surface area contributed by atoms with Gasteiger partial charge in [-0.3, -0.25) is 4.98 Å². The number of aryl methyl sites for hydroxylation is 1. The Kier molecular flexibility index (Phi) is 4.34. The average molecular weight is 303 g/mol. The van der Waals surface area contributed by atoms with Crippen LogP contribution in [0, 0.1) is 12.8 Å². The number of nitrogens with one attached hydrogen (secondary N) is 1. The quantitative estimate of drug-likeness (QED) is 0.801. The lowest BCUT2D eigenvalue weighted by atomic mass is 9.84. The first-order valence-electron chi connectivity index (χ1n) is 7.97. The molecular formula is C18H23ClN2. The van der Waals surface area contributed by atoms with E-state index in [-0.39, 0.29) is 0 Å². The minimum Gasteiger partial charge on any atom is -0.381 e. The van der Waals surface area contributed by atoms with Crippen molar-refractivity contribution in [3.63, 3.8) is 0 Å². The Hall–Kier alpha value is -1.28. The molecule has 1 N–H and O–H groups in total. The van der Waals surface area contributed by atoms with Gasteiger partial charge in [-0.15, -0.1) is 0 Å². The van der Waals surface area contributed by atoms with Crippen molar-refractivity contribution in [3.05, 3.63) is 35.0 Å². The van der Waals surface area contributed by atoms with Crippen molar-refractivity contribution < 1.29 is 0 Å². The molecular weight excluding hydrogens is 280 g/mol. The van der Waals surface area contributed by atoms with Crippen molar-refractivity contribution in [2.24, 2.45) is 5.92 Å². The standard InChI is InChI=1S/C18H23ClN2/c1-12-11-16(19)18(15-9-6-10-20-17(12)15)21-13(2)14-7-4-3-5-8-14/h6,9-11,13-14,21H,3-5,7-8H2,1-2H3. The SMILES string of the molecule is Cc1cc(Cl)c(NC(C)C2CCCCC2)c2cccnc12. The molecule has 0 aliphatic heterocycles. The molecule has 0 radical (unpaired) electrons. The van der Waals surface area contributed by atoms with Gasteiger partial charge in [-0.25, -0.2) is 0 Å². The first-order chi connectivity index (χ1) is 10.2. The molecule has 1 aromatic carbocycles. The molecule has 0 amide bonds. The van der Waals surface area contributed by atoms with Crippen molar-refractivity contribution in [3.8, 4) is 0 Å². The van der Waals surface area contributed by atoms with Gasteiger partial charge in [0.15, 0.2) is 0 Å². The van der Waals surface area contributed by atoms with E-state index >= 15 is 0 Å². The molecule has 1 aromatic heterocycles. The van der Waals surface area contributed by atoms with Crippen LogP contribution < -0.4 is 5.32 Å². The highest BCUT2D eigenvalue weighted by Gasteiger charge is 2.21. The number of fused-ring (bicyclic) bond motifs is 1. The molecule has 2 nitrogen and oxygen atoms in total. The summed E-state index contributed by atoms with van der Waals surface area (Å²) < 4.78 is 0. The van der Waals surface area contributed by atoms with Gasteiger partial charge in [0.05, 0.1) is 16.2 Å². The Morgan fingerprint density at radius 1 is 1.29 bits per heavy atom. The van der Waals surface area contributed by atoms with Gasteiger partial charge in [-0.05, 0) is 56.4 Å². The van der Waals surface area contributed by atoms with Crippen LogP contribution in [0.25, 0.3) is 10.9 Å². The van der Waals surface area contributed by atoms with Gasteiger partial charge >= 0.3 is 0 Å². The molecule has 3 rings (SSSR count). The second kappa shape index (κ2) is 6.23. The molecule has 1 unspecified atom stereocenters. The van der Waals surface area contributed by atoms with E-state index in [0.717, 1.165) is 33.1 Å². The van der Waals surface area contributed by atoms with Crippen LogP contribution in [0.5, 0.6) is 0 Å². The lowest BCUT2D eigenvalue weighted by Crippen LogP contribution is -2.27. The summed E-state index contributed by atoms with van der Waals surface area (Å²) in [4.78, 5) is 4.50. The normalized spacial score (nSPS) is 17.9. The van der Waals surface area contributed by atoms with E-state index in [9.17, 15) is 0 Å². The molecule has 0 spiro atoms. The van der Waals surface area contributed by atoms with Gasteiger partial charge in [0.1, 0.15) is 0 Å². The van der Waals surface area contributed by atoms with Crippen LogP contribution in [0.2, 0.25) is 5.02 Å². The third kappa shape index (κ3) is 3.01. The number of halogens is 1. The van der Waals surface area contributed by atoms with Crippen LogP contribution in [0.3, 0.4) is 0 Å². The molecule has 112 valence electrons. The second-order valence-electron chi connectivity index (χ2n) is 6.28. The van der Waals surface area contributed by atoms with Gasteiger partial charge in [-0.1, -0.05) is 30.9 Å². The predicted molar refractivity (Wildman–Crippen MR) is 91.1 cm³/mol. The van der Waals surface area contributed by atoms with Crippen LogP contribution in [0.15, 0.2) is 24.4 Å². The van der Waals surface area contributed by atoms with Crippen molar-refractivity contribution >= 4 is 28.2 Å². The number of benzene rings is 1. The third-order valence-electron chi connectivity index (χ3n) is 4.76. The lowest BCUT2D eigenvalue weighted by molar-refractivity contribution is 0.328. The van der Waals surface area contributed by atoms with E-state index in [1.165, 1.54) is 32.1 Å². The van der Waals surface area contributed by atoms with E-state index in [0.29, 0.717) is 6.04 Å². The summed E-state index contributed by atoms with van der Waals surface area (Å²) in [6.07, 6.45) is 8.61.